The molecule has 1 amide bonds. The van der Waals surface area contributed by atoms with Crippen LogP contribution in [0.2, 0.25) is 0 Å². The number of hydrogen-bond acceptors (Lipinski definition) is 3. The SMILES string of the molecule is CCCCCCCCCCCCCCCOC(=O)CN(C)C(=O)CCCC. The van der Waals surface area contributed by atoms with Crippen LogP contribution < -0.4 is 0 Å². The van der Waals surface area contributed by atoms with Crippen molar-refractivity contribution in [2.45, 2.75) is 117 Å². The Hall–Kier alpha value is -1.06. The van der Waals surface area contributed by atoms with Crippen molar-refractivity contribution >= 4 is 11.9 Å². The summed E-state index contributed by atoms with van der Waals surface area (Å²) in [6.07, 6.45) is 19.4. The molecule has 0 aromatic heterocycles. The van der Waals surface area contributed by atoms with Gasteiger partial charge in [-0.25, -0.2) is 0 Å². The number of rotatable bonds is 19. The van der Waals surface area contributed by atoms with Crippen molar-refractivity contribution in [3.8, 4) is 0 Å². The molecular weight excluding hydrogens is 338 g/mol. The Morgan fingerprint density at radius 3 is 1.59 bits per heavy atom. The Morgan fingerprint density at radius 1 is 0.667 bits per heavy atom. The summed E-state index contributed by atoms with van der Waals surface area (Å²) in [6, 6.07) is 0. The molecule has 0 rings (SSSR count). The topological polar surface area (TPSA) is 46.6 Å². The zero-order valence-corrected chi connectivity index (χ0v) is 18.4. The molecule has 160 valence electrons. The maximum Gasteiger partial charge on any atom is 0.325 e. The van der Waals surface area contributed by atoms with Crippen LogP contribution in [0, 0.1) is 0 Å². The molecule has 0 N–H and O–H groups in total. The normalized spacial score (nSPS) is 10.8. The summed E-state index contributed by atoms with van der Waals surface area (Å²) in [4.78, 5) is 25.0. The van der Waals surface area contributed by atoms with Gasteiger partial charge in [0.25, 0.3) is 0 Å². The van der Waals surface area contributed by atoms with Gasteiger partial charge < -0.3 is 9.64 Å². The van der Waals surface area contributed by atoms with Gasteiger partial charge in [-0.2, -0.15) is 0 Å². The van der Waals surface area contributed by atoms with Gasteiger partial charge in [0.1, 0.15) is 6.54 Å². The van der Waals surface area contributed by atoms with E-state index >= 15 is 0 Å². The number of nitrogens with zero attached hydrogens (tertiary/aromatic N) is 1. The van der Waals surface area contributed by atoms with Gasteiger partial charge in [-0.1, -0.05) is 97.3 Å². The van der Waals surface area contributed by atoms with Crippen molar-refractivity contribution in [1.29, 1.82) is 0 Å². The van der Waals surface area contributed by atoms with E-state index in [0.29, 0.717) is 13.0 Å². The lowest BCUT2D eigenvalue weighted by Crippen LogP contribution is -2.32. The predicted molar refractivity (Wildman–Crippen MR) is 114 cm³/mol. The molecule has 27 heavy (non-hydrogen) atoms. The van der Waals surface area contributed by atoms with E-state index in [1.54, 1.807) is 7.05 Å². The minimum Gasteiger partial charge on any atom is -0.464 e. The highest BCUT2D eigenvalue weighted by Crippen LogP contribution is 2.12. The van der Waals surface area contributed by atoms with E-state index in [9.17, 15) is 9.59 Å². The lowest BCUT2D eigenvalue weighted by atomic mass is 10.0. The van der Waals surface area contributed by atoms with E-state index in [4.69, 9.17) is 4.74 Å². The van der Waals surface area contributed by atoms with Gasteiger partial charge in [-0.05, 0) is 12.8 Å². The Kier molecular flexibility index (Phi) is 18.9. The molecule has 0 spiro atoms. The van der Waals surface area contributed by atoms with E-state index in [2.05, 4.69) is 13.8 Å². The third-order valence-electron chi connectivity index (χ3n) is 5.05. The smallest absolute Gasteiger partial charge is 0.325 e. The summed E-state index contributed by atoms with van der Waals surface area (Å²) in [5.74, 6) is -0.268. The molecule has 0 aliphatic rings. The average Bonchev–Trinajstić information content (AvgIpc) is 2.66. The molecule has 0 aromatic rings. The molecule has 0 aliphatic carbocycles. The Balaban J connectivity index is 3.34. The predicted octanol–water partition coefficient (Wildman–Crippen LogP) is 6.27. The van der Waals surface area contributed by atoms with Crippen LogP contribution >= 0.6 is 0 Å². The summed E-state index contributed by atoms with van der Waals surface area (Å²) < 4.78 is 5.23. The Labute approximate surface area is 168 Å². The second kappa shape index (κ2) is 19.7. The number of ether oxygens (including phenoxy) is 1. The monoisotopic (exact) mass is 383 g/mol. The highest BCUT2D eigenvalue weighted by Gasteiger charge is 2.12. The minimum absolute atomic E-state index is 0.0229. The molecule has 4 heteroatoms. The number of likely N-dealkylation sites (N-methyl/N-ethyl adjacent to an activating group) is 1. The second-order valence-electron chi connectivity index (χ2n) is 7.82. The van der Waals surface area contributed by atoms with Crippen LogP contribution in [0.4, 0.5) is 0 Å². The second-order valence-corrected chi connectivity index (χ2v) is 7.82. The van der Waals surface area contributed by atoms with E-state index in [1.807, 2.05) is 0 Å². The number of hydrogen-bond donors (Lipinski definition) is 0. The molecule has 0 bridgehead atoms. The van der Waals surface area contributed by atoms with E-state index in [0.717, 1.165) is 25.7 Å². The van der Waals surface area contributed by atoms with Crippen LogP contribution in [-0.4, -0.2) is 37.0 Å². The molecule has 0 radical (unpaired) electrons. The molecule has 4 nitrogen and oxygen atoms in total. The van der Waals surface area contributed by atoms with Crippen molar-refractivity contribution in [3.63, 3.8) is 0 Å². The summed E-state index contributed by atoms with van der Waals surface area (Å²) in [6.45, 7) is 4.87. The van der Waals surface area contributed by atoms with Crippen molar-refractivity contribution < 1.29 is 14.3 Å². The molecule has 0 unspecified atom stereocenters. The lowest BCUT2D eigenvalue weighted by molar-refractivity contribution is -0.148. The van der Waals surface area contributed by atoms with Crippen LogP contribution in [0.1, 0.15) is 117 Å². The van der Waals surface area contributed by atoms with Crippen LogP contribution in [0.3, 0.4) is 0 Å². The fourth-order valence-electron chi connectivity index (χ4n) is 3.15. The number of esters is 1. The quantitative estimate of drug-likeness (QED) is 0.195. The first-order valence-electron chi connectivity index (χ1n) is 11.5. The number of unbranched alkanes of at least 4 members (excludes halogenated alkanes) is 13. The summed E-state index contributed by atoms with van der Waals surface area (Å²) in [5, 5.41) is 0. The van der Waals surface area contributed by atoms with Gasteiger partial charge in [-0.15, -0.1) is 0 Å². The number of carbonyl (C=O) groups is 2. The first kappa shape index (κ1) is 25.9. The first-order chi connectivity index (χ1) is 13.1. The molecule has 0 heterocycles. The summed E-state index contributed by atoms with van der Waals surface area (Å²) in [5.41, 5.74) is 0. The third-order valence-corrected chi connectivity index (χ3v) is 5.05. The fourth-order valence-corrected chi connectivity index (χ4v) is 3.15. The van der Waals surface area contributed by atoms with E-state index in [-0.39, 0.29) is 18.4 Å². The zero-order chi connectivity index (χ0) is 20.2. The van der Waals surface area contributed by atoms with Gasteiger partial charge in [-0.3, -0.25) is 9.59 Å². The first-order valence-corrected chi connectivity index (χ1v) is 11.5. The minimum atomic E-state index is -0.290. The van der Waals surface area contributed by atoms with Gasteiger partial charge in [0.2, 0.25) is 5.91 Å². The van der Waals surface area contributed by atoms with Gasteiger partial charge in [0.05, 0.1) is 6.61 Å². The van der Waals surface area contributed by atoms with E-state index in [1.165, 1.54) is 75.5 Å². The molecule has 0 aromatic carbocycles. The summed E-state index contributed by atoms with van der Waals surface area (Å²) in [7, 11) is 1.67. The van der Waals surface area contributed by atoms with Crippen LogP contribution in [0.15, 0.2) is 0 Å². The average molecular weight is 384 g/mol. The van der Waals surface area contributed by atoms with Gasteiger partial charge in [0, 0.05) is 13.5 Å². The molecule has 0 saturated heterocycles. The van der Waals surface area contributed by atoms with Crippen molar-refractivity contribution in [1.82, 2.24) is 4.90 Å². The Morgan fingerprint density at radius 2 is 1.11 bits per heavy atom. The summed E-state index contributed by atoms with van der Waals surface area (Å²) >= 11 is 0. The standard InChI is InChI=1S/C23H45NO3/c1-4-6-8-9-10-11-12-13-14-15-16-17-18-20-27-23(26)21-24(3)22(25)19-7-5-2/h4-21H2,1-3H3. The highest BCUT2D eigenvalue weighted by molar-refractivity contribution is 5.81. The van der Waals surface area contributed by atoms with E-state index < -0.39 is 0 Å². The highest BCUT2D eigenvalue weighted by atomic mass is 16.5. The number of carbonyl (C=O) groups excluding carboxylic acids is 2. The van der Waals surface area contributed by atoms with Gasteiger partial charge in [0.15, 0.2) is 0 Å². The largest absolute Gasteiger partial charge is 0.464 e. The van der Waals surface area contributed by atoms with Crippen molar-refractivity contribution in [2.75, 3.05) is 20.2 Å². The molecule has 0 saturated carbocycles. The maximum absolute atomic E-state index is 11.8. The van der Waals surface area contributed by atoms with Crippen LogP contribution in [0.5, 0.6) is 0 Å². The van der Waals surface area contributed by atoms with Crippen LogP contribution in [-0.2, 0) is 14.3 Å². The van der Waals surface area contributed by atoms with Gasteiger partial charge >= 0.3 is 5.97 Å². The Bertz CT molecular complexity index is 358. The third kappa shape index (κ3) is 18.1. The van der Waals surface area contributed by atoms with Crippen molar-refractivity contribution in [3.05, 3.63) is 0 Å². The fraction of sp³-hybridized carbons (Fsp3) is 0.913. The molecule has 0 aliphatic heterocycles. The van der Waals surface area contributed by atoms with Crippen LogP contribution in [0.25, 0.3) is 0 Å². The lowest BCUT2D eigenvalue weighted by Gasteiger charge is -2.16. The molecule has 0 fully saturated rings. The maximum atomic E-state index is 11.8. The van der Waals surface area contributed by atoms with Crippen molar-refractivity contribution in [2.24, 2.45) is 0 Å². The molecular formula is C23H45NO3. The molecule has 0 atom stereocenters. The zero-order valence-electron chi connectivity index (χ0n) is 18.4. The number of amides is 1.